The number of halogens is 3. The molecule has 3 saturated carbocycles. The molecular weight excluding hydrogens is 615 g/mol. The molecule has 6 unspecified atom stereocenters. The molecule has 0 aromatic rings. The highest BCUT2D eigenvalue weighted by Crippen LogP contribution is 2.33. The maximum atomic E-state index is 12.8. The molecule has 31 heavy (non-hydrogen) atoms. The standard InChI is InChI=1S/3C7H11BrO2.Al/c3*8-6-3-1-2-5(4-6)7(9)10;/h3*5-6H,1-4H2,(H,9,10);/q;;;+3/p-3. The SMILES string of the molecule is O=C([O][Al]([O]C(=O)C1CCCC(Br)C1)[O]C(=O)C1CCCC(Br)C1)C1CCCC(Br)C1. The summed E-state index contributed by atoms with van der Waals surface area (Å²) in [5.41, 5.74) is 0. The number of carbonyl (C=O) groups excluding carboxylic acids is 3. The minimum atomic E-state index is -3.28. The highest BCUT2D eigenvalue weighted by Gasteiger charge is 2.52. The van der Waals surface area contributed by atoms with E-state index in [9.17, 15) is 14.4 Å². The van der Waals surface area contributed by atoms with Gasteiger partial charge < -0.3 is 11.4 Å². The lowest BCUT2D eigenvalue weighted by atomic mass is 9.89. The maximum absolute atomic E-state index is 12.8. The smallest absolute Gasteiger partial charge is 0.551 e. The average Bonchev–Trinajstić information content (AvgIpc) is 2.73. The number of rotatable bonds is 6. The molecule has 0 bridgehead atoms. The molecule has 0 saturated heterocycles. The van der Waals surface area contributed by atoms with Crippen molar-refractivity contribution >= 4 is 80.8 Å². The van der Waals surface area contributed by atoms with E-state index in [1.54, 1.807) is 0 Å². The molecular formula is C21H30AlBr3O6. The van der Waals surface area contributed by atoms with Crippen LogP contribution in [0, 0.1) is 17.8 Å². The lowest BCUT2D eigenvalue weighted by Gasteiger charge is -2.28. The minimum absolute atomic E-state index is 0.256. The second kappa shape index (κ2) is 12.7. The van der Waals surface area contributed by atoms with Gasteiger partial charge in [0, 0.05) is 14.5 Å². The van der Waals surface area contributed by atoms with E-state index in [0.717, 1.165) is 57.8 Å². The monoisotopic (exact) mass is 642 g/mol. The Bertz CT molecular complexity index is 565. The van der Waals surface area contributed by atoms with E-state index in [-0.39, 0.29) is 32.2 Å². The first kappa shape index (κ1) is 26.0. The third-order valence-corrected chi connectivity index (χ3v) is 10.2. The highest BCUT2D eigenvalue weighted by atomic mass is 79.9. The molecule has 0 spiro atoms. The van der Waals surface area contributed by atoms with Gasteiger partial charge in [0.25, 0.3) is 17.9 Å². The molecule has 6 atom stereocenters. The van der Waals surface area contributed by atoms with Gasteiger partial charge in [-0.15, -0.1) is 0 Å². The van der Waals surface area contributed by atoms with Crippen molar-refractivity contribution in [2.75, 3.05) is 0 Å². The zero-order valence-corrected chi connectivity index (χ0v) is 23.5. The quantitative estimate of drug-likeness (QED) is 0.282. The third-order valence-electron chi connectivity index (χ3n) is 6.47. The average molecular weight is 645 g/mol. The van der Waals surface area contributed by atoms with Crippen LogP contribution in [-0.4, -0.2) is 47.5 Å². The van der Waals surface area contributed by atoms with E-state index in [1.807, 2.05) is 0 Å². The molecule has 3 fully saturated rings. The fraction of sp³-hybridized carbons (Fsp3) is 0.857. The van der Waals surface area contributed by atoms with E-state index in [4.69, 9.17) is 11.4 Å². The van der Waals surface area contributed by atoms with Crippen molar-refractivity contribution < 1.29 is 25.7 Å². The Morgan fingerprint density at radius 1 is 0.548 bits per heavy atom. The van der Waals surface area contributed by atoms with Crippen molar-refractivity contribution in [3.63, 3.8) is 0 Å². The Labute approximate surface area is 214 Å². The first-order valence-electron chi connectivity index (χ1n) is 11.4. The van der Waals surface area contributed by atoms with E-state index in [0.29, 0.717) is 19.3 Å². The van der Waals surface area contributed by atoms with E-state index in [1.165, 1.54) is 0 Å². The van der Waals surface area contributed by atoms with E-state index >= 15 is 0 Å². The van der Waals surface area contributed by atoms with Crippen LogP contribution >= 0.6 is 47.8 Å². The van der Waals surface area contributed by atoms with Crippen LogP contribution in [-0.2, 0) is 25.7 Å². The maximum Gasteiger partial charge on any atom is 1.20 e. The molecule has 0 aliphatic heterocycles. The molecule has 3 rings (SSSR count). The predicted molar refractivity (Wildman–Crippen MR) is 128 cm³/mol. The molecule has 0 aromatic heterocycles. The normalized spacial score (nSPS) is 33.8. The molecule has 0 amide bonds. The molecule has 10 heteroatoms. The van der Waals surface area contributed by atoms with Gasteiger partial charge in [0.05, 0.1) is 17.8 Å². The van der Waals surface area contributed by atoms with Crippen LogP contribution in [0.25, 0.3) is 0 Å². The van der Waals surface area contributed by atoms with Gasteiger partial charge in [-0.1, -0.05) is 67.1 Å². The van der Waals surface area contributed by atoms with E-state index in [2.05, 4.69) is 47.8 Å². The first-order valence-corrected chi connectivity index (χ1v) is 15.5. The van der Waals surface area contributed by atoms with Gasteiger partial charge in [-0.25, -0.2) is 0 Å². The minimum Gasteiger partial charge on any atom is -0.551 e. The van der Waals surface area contributed by atoms with Gasteiger partial charge >= 0.3 is 15.1 Å². The molecule has 3 aliphatic carbocycles. The van der Waals surface area contributed by atoms with Crippen molar-refractivity contribution in [1.82, 2.24) is 0 Å². The molecule has 3 aliphatic rings. The molecule has 0 N–H and O–H groups in total. The number of hydrogen-bond acceptors (Lipinski definition) is 6. The summed E-state index contributed by atoms with van der Waals surface area (Å²) < 4.78 is 16.8. The fourth-order valence-corrected chi connectivity index (χ4v) is 8.29. The zero-order chi connectivity index (χ0) is 22.4. The molecule has 6 nitrogen and oxygen atoms in total. The van der Waals surface area contributed by atoms with Crippen LogP contribution in [0.3, 0.4) is 0 Å². The van der Waals surface area contributed by atoms with Crippen LogP contribution in [0.1, 0.15) is 77.0 Å². The summed E-state index contributed by atoms with van der Waals surface area (Å²) >= 11 is 7.47. The lowest BCUT2D eigenvalue weighted by Crippen LogP contribution is -2.41. The van der Waals surface area contributed by atoms with Crippen molar-refractivity contribution in [2.24, 2.45) is 17.8 Å². The summed E-state index contributed by atoms with van der Waals surface area (Å²) in [6.45, 7) is 0. The zero-order valence-electron chi connectivity index (χ0n) is 17.6. The largest absolute Gasteiger partial charge is 1.20 e. The predicted octanol–water partition coefficient (Wildman–Crippen LogP) is 5.46. The summed E-state index contributed by atoms with van der Waals surface area (Å²) in [5, 5.41) is 0. The summed E-state index contributed by atoms with van der Waals surface area (Å²) in [4.78, 5) is 39.1. The summed E-state index contributed by atoms with van der Waals surface area (Å²) in [5.74, 6) is -2.00. The summed E-state index contributed by atoms with van der Waals surface area (Å²) in [6, 6.07) is 0. The molecule has 0 aromatic carbocycles. The fourth-order valence-electron chi connectivity index (χ4n) is 4.68. The molecule has 0 heterocycles. The van der Waals surface area contributed by atoms with E-state index < -0.39 is 33.1 Å². The van der Waals surface area contributed by atoms with Crippen LogP contribution < -0.4 is 0 Å². The number of carbonyl (C=O) groups is 3. The van der Waals surface area contributed by atoms with Gasteiger partial charge in [-0.05, 0) is 57.8 Å². The van der Waals surface area contributed by atoms with Crippen molar-refractivity contribution in [3.05, 3.63) is 0 Å². The van der Waals surface area contributed by atoms with Crippen molar-refractivity contribution in [2.45, 2.75) is 91.5 Å². The van der Waals surface area contributed by atoms with Gasteiger partial charge in [-0.3, -0.25) is 14.4 Å². The summed E-state index contributed by atoms with van der Waals surface area (Å²) in [6.07, 6.45) is 10.2. The van der Waals surface area contributed by atoms with Gasteiger partial charge in [-0.2, -0.15) is 0 Å². The van der Waals surface area contributed by atoms with Gasteiger partial charge in [0.15, 0.2) is 0 Å². The molecule has 174 valence electrons. The Morgan fingerprint density at radius 3 is 1.10 bits per heavy atom. The number of alkyl halides is 3. The van der Waals surface area contributed by atoms with Crippen molar-refractivity contribution in [1.29, 1.82) is 0 Å². The second-order valence-corrected chi connectivity index (χ2v) is 14.2. The van der Waals surface area contributed by atoms with Gasteiger partial charge in [0.2, 0.25) is 0 Å². The lowest BCUT2D eigenvalue weighted by molar-refractivity contribution is -0.154. The third kappa shape index (κ3) is 8.28. The van der Waals surface area contributed by atoms with Gasteiger partial charge in [0.1, 0.15) is 0 Å². The Morgan fingerprint density at radius 2 is 0.839 bits per heavy atom. The topological polar surface area (TPSA) is 78.9 Å². The first-order chi connectivity index (χ1) is 14.8. The Balaban J connectivity index is 1.62. The highest BCUT2D eigenvalue weighted by molar-refractivity contribution is 9.10. The van der Waals surface area contributed by atoms with Crippen LogP contribution in [0.2, 0.25) is 0 Å². The molecule has 0 radical (unpaired) electrons. The summed E-state index contributed by atoms with van der Waals surface area (Å²) in [7, 11) is 0. The Kier molecular flexibility index (Phi) is 10.7. The number of hydrogen-bond donors (Lipinski definition) is 0. The second-order valence-electron chi connectivity index (χ2n) is 8.98. The van der Waals surface area contributed by atoms with Crippen LogP contribution in [0.4, 0.5) is 0 Å². The van der Waals surface area contributed by atoms with Crippen LogP contribution in [0.15, 0.2) is 0 Å². The van der Waals surface area contributed by atoms with Crippen LogP contribution in [0.5, 0.6) is 0 Å². The Hall–Kier alpha value is 0.382. The van der Waals surface area contributed by atoms with Crippen molar-refractivity contribution in [3.8, 4) is 0 Å².